The van der Waals surface area contributed by atoms with E-state index in [1.807, 2.05) is 12.1 Å². The van der Waals surface area contributed by atoms with E-state index in [4.69, 9.17) is 0 Å². The SMILES string of the molecule is CCN(CC)c1ccc(CNc2cccnc2Br)cc1. The fourth-order valence-corrected chi connectivity index (χ4v) is 2.52. The number of anilines is 2. The quantitative estimate of drug-likeness (QED) is 0.798. The number of rotatable bonds is 6. The molecule has 0 saturated heterocycles. The first-order chi connectivity index (χ1) is 9.74. The molecule has 0 atom stereocenters. The number of pyridine rings is 1. The molecule has 20 heavy (non-hydrogen) atoms. The highest BCUT2D eigenvalue weighted by Crippen LogP contribution is 2.20. The molecule has 1 aromatic heterocycles. The van der Waals surface area contributed by atoms with E-state index in [0.29, 0.717) is 0 Å². The number of hydrogen-bond acceptors (Lipinski definition) is 3. The second kappa shape index (κ2) is 7.29. The molecule has 106 valence electrons. The molecule has 0 spiro atoms. The maximum atomic E-state index is 4.20. The van der Waals surface area contributed by atoms with Crippen molar-refractivity contribution in [1.82, 2.24) is 4.98 Å². The maximum Gasteiger partial charge on any atom is 0.129 e. The number of nitrogens with zero attached hydrogens (tertiary/aromatic N) is 2. The summed E-state index contributed by atoms with van der Waals surface area (Å²) in [4.78, 5) is 6.54. The Kier molecular flexibility index (Phi) is 5.41. The number of hydrogen-bond donors (Lipinski definition) is 1. The van der Waals surface area contributed by atoms with Crippen molar-refractivity contribution in [3.05, 3.63) is 52.8 Å². The first-order valence-corrected chi connectivity index (χ1v) is 7.72. The van der Waals surface area contributed by atoms with Crippen LogP contribution in [0.2, 0.25) is 0 Å². The lowest BCUT2D eigenvalue weighted by Gasteiger charge is -2.21. The average molecular weight is 334 g/mol. The predicted octanol–water partition coefficient (Wildman–Crippen LogP) is 4.30. The summed E-state index contributed by atoms with van der Waals surface area (Å²) in [6.07, 6.45) is 1.77. The first kappa shape index (κ1) is 14.9. The molecular weight excluding hydrogens is 314 g/mol. The Balaban J connectivity index is 1.99. The molecule has 1 heterocycles. The van der Waals surface area contributed by atoms with Crippen molar-refractivity contribution < 1.29 is 0 Å². The summed E-state index contributed by atoms with van der Waals surface area (Å²) in [7, 11) is 0. The van der Waals surface area contributed by atoms with Crippen molar-refractivity contribution in [2.75, 3.05) is 23.3 Å². The highest BCUT2D eigenvalue weighted by atomic mass is 79.9. The van der Waals surface area contributed by atoms with Gasteiger partial charge in [0.1, 0.15) is 4.60 Å². The van der Waals surface area contributed by atoms with Crippen molar-refractivity contribution >= 4 is 27.3 Å². The van der Waals surface area contributed by atoms with Gasteiger partial charge in [-0.3, -0.25) is 0 Å². The lowest BCUT2D eigenvalue weighted by Crippen LogP contribution is -2.21. The lowest BCUT2D eigenvalue weighted by molar-refractivity contribution is 0.865. The van der Waals surface area contributed by atoms with Gasteiger partial charge in [-0.15, -0.1) is 0 Å². The fraction of sp³-hybridized carbons (Fsp3) is 0.312. The van der Waals surface area contributed by atoms with Crippen molar-refractivity contribution in [2.45, 2.75) is 20.4 Å². The maximum absolute atomic E-state index is 4.20. The van der Waals surface area contributed by atoms with E-state index in [2.05, 4.69) is 69.2 Å². The van der Waals surface area contributed by atoms with E-state index in [1.54, 1.807) is 6.20 Å². The second-order valence-corrected chi connectivity index (χ2v) is 5.29. The Bertz CT molecular complexity index is 536. The predicted molar refractivity (Wildman–Crippen MR) is 89.3 cm³/mol. The summed E-state index contributed by atoms with van der Waals surface area (Å²) in [6, 6.07) is 12.7. The Morgan fingerprint density at radius 2 is 1.80 bits per heavy atom. The Hall–Kier alpha value is -1.55. The molecule has 1 aromatic carbocycles. The summed E-state index contributed by atoms with van der Waals surface area (Å²) >= 11 is 3.44. The highest BCUT2D eigenvalue weighted by molar-refractivity contribution is 9.10. The van der Waals surface area contributed by atoms with Crippen molar-refractivity contribution in [1.29, 1.82) is 0 Å². The van der Waals surface area contributed by atoms with Gasteiger partial charge in [-0.05, 0) is 59.6 Å². The van der Waals surface area contributed by atoms with Gasteiger partial charge in [0.05, 0.1) is 5.69 Å². The number of benzene rings is 1. The molecule has 0 saturated carbocycles. The molecule has 4 heteroatoms. The Labute approximate surface area is 129 Å². The standard InChI is InChI=1S/C16H20BrN3/c1-3-20(4-2)14-9-7-13(8-10-14)12-19-15-6-5-11-18-16(15)17/h5-11,19H,3-4,12H2,1-2H3. The van der Waals surface area contributed by atoms with Crippen LogP contribution in [0.1, 0.15) is 19.4 Å². The zero-order chi connectivity index (χ0) is 14.4. The van der Waals surface area contributed by atoms with Gasteiger partial charge in [0.15, 0.2) is 0 Å². The van der Waals surface area contributed by atoms with Crippen LogP contribution in [0.3, 0.4) is 0 Å². The molecule has 1 N–H and O–H groups in total. The van der Waals surface area contributed by atoms with Crippen molar-refractivity contribution in [2.24, 2.45) is 0 Å². The van der Waals surface area contributed by atoms with Crippen LogP contribution in [0.5, 0.6) is 0 Å². The van der Waals surface area contributed by atoms with Crippen LogP contribution >= 0.6 is 15.9 Å². The van der Waals surface area contributed by atoms with Crippen LogP contribution in [0, 0.1) is 0 Å². The van der Waals surface area contributed by atoms with Crippen LogP contribution < -0.4 is 10.2 Å². The Morgan fingerprint density at radius 1 is 1.10 bits per heavy atom. The van der Waals surface area contributed by atoms with Gasteiger partial charge >= 0.3 is 0 Å². The van der Waals surface area contributed by atoms with Crippen LogP contribution in [-0.2, 0) is 6.54 Å². The largest absolute Gasteiger partial charge is 0.379 e. The number of nitrogens with one attached hydrogen (secondary N) is 1. The molecule has 3 nitrogen and oxygen atoms in total. The summed E-state index contributed by atoms with van der Waals surface area (Å²) in [6.45, 7) is 7.23. The van der Waals surface area contributed by atoms with E-state index in [0.717, 1.165) is 29.9 Å². The van der Waals surface area contributed by atoms with Crippen LogP contribution in [0.25, 0.3) is 0 Å². The van der Waals surface area contributed by atoms with Crippen molar-refractivity contribution in [3.8, 4) is 0 Å². The van der Waals surface area contributed by atoms with Gasteiger partial charge in [0, 0.05) is 31.5 Å². The first-order valence-electron chi connectivity index (χ1n) is 6.92. The summed E-state index contributed by atoms with van der Waals surface area (Å²) in [5, 5.41) is 3.38. The molecule has 0 fully saturated rings. The summed E-state index contributed by atoms with van der Waals surface area (Å²) in [5.74, 6) is 0. The van der Waals surface area contributed by atoms with Crippen molar-refractivity contribution in [3.63, 3.8) is 0 Å². The van der Waals surface area contributed by atoms with Crippen LogP contribution in [-0.4, -0.2) is 18.1 Å². The third-order valence-electron chi connectivity index (χ3n) is 3.31. The van der Waals surface area contributed by atoms with Gasteiger partial charge in [0.2, 0.25) is 0 Å². The van der Waals surface area contributed by atoms with E-state index >= 15 is 0 Å². The monoisotopic (exact) mass is 333 g/mol. The molecule has 0 aliphatic heterocycles. The molecule has 0 unspecified atom stereocenters. The third-order valence-corrected chi connectivity index (χ3v) is 3.94. The van der Waals surface area contributed by atoms with E-state index in [9.17, 15) is 0 Å². The summed E-state index contributed by atoms with van der Waals surface area (Å²) in [5.41, 5.74) is 3.55. The zero-order valence-corrected chi connectivity index (χ0v) is 13.5. The third kappa shape index (κ3) is 3.73. The van der Waals surface area contributed by atoms with Crippen LogP contribution in [0.4, 0.5) is 11.4 Å². The molecule has 0 aliphatic carbocycles. The molecular formula is C16H20BrN3. The van der Waals surface area contributed by atoms with Gasteiger partial charge in [-0.1, -0.05) is 12.1 Å². The molecule has 0 radical (unpaired) electrons. The average Bonchev–Trinajstić information content (AvgIpc) is 2.49. The number of halogens is 1. The fourth-order valence-electron chi connectivity index (χ4n) is 2.13. The molecule has 2 rings (SSSR count). The normalized spacial score (nSPS) is 10.3. The Morgan fingerprint density at radius 3 is 2.40 bits per heavy atom. The second-order valence-electron chi connectivity index (χ2n) is 4.53. The van der Waals surface area contributed by atoms with Gasteiger partial charge < -0.3 is 10.2 Å². The lowest BCUT2D eigenvalue weighted by atomic mass is 10.2. The minimum Gasteiger partial charge on any atom is -0.379 e. The summed E-state index contributed by atoms with van der Waals surface area (Å²) < 4.78 is 0.847. The van der Waals surface area contributed by atoms with E-state index in [1.165, 1.54) is 11.3 Å². The van der Waals surface area contributed by atoms with Gasteiger partial charge in [-0.2, -0.15) is 0 Å². The smallest absolute Gasteiger partial charge is 0.129 e. The topological polar surface area (TPSA) is 28.2 Å². The minimum absolute atomic E-state index is 0.794. The van der Waals surface area contributed by atoms with Gasteiger partial charge in [0.25, 0.3) is 0 Å². The van der Waals surface area contributed by atoms with E-state index in [-0.39, 0.29) is 0 Å². The zero-order valence-electron chi connectivity index (χ0n) is 11.9. The van der Waals surface area contributed by atoms with Crippen LogP contribution in [0.15, 0.2) is 47.2 Å². The highest BCUT2D eigenvalue weighted by Gasteiger charge is 2.02. The molecule has 2 aromatic rings. The van der Waals surface area contributed by atoms with Gasteiger partial charge in [-0.25, -0.2) is 4.98 Å². The minimum atomic E-state index is 0.794. The number of aromatic nitrogens is 1. The van der Waals surface area contributed by atoms with E-state index < -0.39 is 0 Å². The molecule has 0 bridgehead atoms. The molecule has 0 aliphatic rings. The molecule has 0 amide bonds.